The summed E-state index contributed by atoms with van der Waals surface area (Å²) in [5, 5.41) is 12.3. The van der Waals surface area contributed by atoms with Crippen LogP contribution in [0.3, 0.4) is 0 Å². The van der Waals surface area contributed by atoms with Crippen molar-refractivity contribution in [2.45, 2.75) is 24.8 Å². The molecule has 1 aliphatic carbocycles. The van der Waals surface area contributed by atoms with Crippen molar-refractivity contribution < 1.29 is 17.5 Å². The molecule has 23 heavy (non-hydrogen) atoms. The molecule has 0 aromatic heterocycles. The molecule has 9 heteroatoms. The van der Waals surface area contributed by atoms with Gasteiger partial charge in [0.1, 0.15) is 0 Å². The van der Waals surface area contributed by atoms with Crippen molar-refractivity contribution in [3.8, 4) is 0 Å². The predicted molar refractivity (Wildman–Crippen MR) is 88.1 cm³/mol. The van der Waals surface area contributed by atoms with Crippen LogP contribution >= 0.6 is 23.2 Å². The first-order valence-corrected chi connectivity index (χ1v) is 9.35. The molecule has 1 aliphatic rings. The van der Waals surface area contributed by atoms with E-state index in [1.807, 2.05) is 0 Å². The van der Waals surface area contributed by atoms with E-state index in [4.69, 9.17) is 27.4 Å². The number of halogens is 2. The predicted octanol–water partition coefficient (Wildman–Crippen LogP) is 3.42. The van der Waals surface area contributed by atoms with E-state index in [1.165, 1.54) is 0 Å². The number of benzene rings is 1. The highest BCUT2D eigenvalue weighted by molar-refractivity contribution is 7.86. The molecule has 2 rings (SSSR count). The molecule has 0 spiro atoms. The van der Waals surface area contributed by atoms with Crippen molar-refractivity contribution in [1.29, 1.82) is 0 Å². The second-order valence-electron chi connectivity index (χ2n) is 5.39. The Morgan fingerprint density at radius 2 is 2.09 bits per heavy atom. The number of hydrogen-bond donors (Lipinski definition) is 0. The maximum Gasteiger partial charge on any atom is 0.264 e. The van der Waals surface area contributed by atoms with Crippen LogP contribution in [0.1, 0.15) is 24.3 Å². The molecular formula is C14H15Cl2NO5S. The van der Waals surface area contributed by atoms with Crippen LogP contribution in [0.5, 0.6) is 0 Å². The highest BCUT2D eigenvalue weighted by atomic mass is 35.5. The quantitative estimate of drug-likeness (QED) is 0.338. The van der Waals surface area contributed by atoms with Crippen LogP contribution in [0.2, 0.25) is 10.0 Å². The van der Waals surface area contributed by atoms with Crippen molar-refractivity contribution in [3.05, 3.63) is 55.6 Å². The number of nitrogens with zero attached hydrogens (tertiary/aromatic N) is 1. The van der Waals surface area contributed by atoms with Crippen LogP contribution in [0.15, 0.2) is 29.8 Å². The molecule has 1 aromatic rings. The molecule has 0 unspecified atom stereocenters. The van der Waals surface area contributed by atoms with Crippen molar-refractivity contribution >= 4 is 33.3 Å². The van der Waals surface area contributed by atoms with E-state index >= 15 is 0 Å². The Labute approximate surface area is 144 Å². The van der Waals surface area contributed by atoms with Gasteiger partial charge in [-0.1, -0.05) is 35.3 Å². The summed E-state index contributed by atoms with van der Waals surface area (Å²) in [6.07, 6.45) is 3.22. The van der Waals surface area contributed by atoms with Crippen LogP contribution in [0, 0.1) is 10.1 Å². The molecule has 0 heterocycles. The Morgan fingerprint density at radius 3 is 2.65 bits per heavy atom. The Bertz CT molecular complexity index is 748. The molecule has 0 saturated heterocycles. The van der Waals surface area contributed by atoms with Crippen LogP contribution in [-0.2, 0) is 14.3 Å². The van der Waals surface area contributed by atoms with Gasteiger partial charge in [-0.3, -0.25) is 14.3 Å². The third kappa shape index (κ3) is 4.91. The molecule has 0 fully saturated rings. The van der Waals surface area contributed by atoms with Gasteiger partial charge in [0.05, 0.1) is 18.8 Å². The molecular weight excluding hydrogens is 365 g/mol. The summed E-state index contributed by atoms with van der Waals surface area (Å²) in [6.45, 7) is -0.162. The van der Waals surface area contributed by atoms with Gasteiger partial charge in [-0.15, -0.1) is 0 Å². The van der Waals surface area contributed by atoms with Crippen LogP contribution < -0.4 is 0 Å². The Balaban J connectivity index is 2.24. The first-order chi connectivity index (χ1) is 10.7. The van der Waals surface area contributed by atoms with Gasteiger partial charge in [0.2, 0.25) is 6.04 Å². The molecule has 2 atom stereocenters. The van der Waals surface area contributed by atoms with Crippen LogP contribution in [-0.4, -0.2) is 32.2 Å². The second-order valence-corrected chi connectivity index (χ2v) is 7.88. The van der Waals surface area contributed by atoms with E-state index in [2.05, 4.69) is 0 Å². The zero-order valence-corrected chi connectivity index (χ0v) is 14.6. The minimum atomic E-state index is -3.58. The molecule has 0 saturated carbocycles. The van der Waals surface area contributed by atoms with E-state index in [0.717, 1.165) is 6.26 Å². The zero-order chi connectivity index (χ0) is 17.2. The van der Waals surface area contributed by atoms with E-state index < -0.39 is 22.1 Å². The minimum Gasteiger partial charge on any atom is -0.266 e. The third-order valence-corrected chi connectivity index (χ3v) is 4.80. The average molecular weight is 380 g/mol. The second kappa shape index (κ2) is 7.17. The van der Waals surface area contributed by atoms with Crippen molar-refractivity contribution in [2.24, 2.45) is 0 Å². The lowest BCUT2D eigenvalue weighted by atomic mass is 9.81. The topological polar surface area (TPSA) is 86.5 Å². The van der Waals surface area contributed by atoms with E-state index in [-0.39, 0.29) is 18.0 Å². The van der Waals surface area contributed by atoms with Gasteiger partial charge < -0.3 is 0 Å². The molecule has 0 aliphatic heterocycles. The Hall–Kier alpha value is -1.15. The number of nitro groups is 1. The van der Waals surface area contributed by atoms with Crippen molar-refractivity contribution in [2.75, 3.05) is 12.9 Å². The molecule has 0 bridgehead atoms. The van der Waals surface area contributed by atoms with E-state index in [9.17, 15) is 18.5 Å². The first-order valence-electron chi connectivity index (χ1n) is 6.78. The molecule has 0 radical (unpaired) electrons. The monoisotopic (exact) mass is 379 g/mol. The fourth-order valence-electron chi connectivity index (χ4n) is 2.60. The van der Waals surface area contributed by atoms with Gasteiger partial charge >= 0.3 is 0 Å². The number of hydrogen-bond acceptors (Lipinski definition) is 5. The zero-order valence-electron chi connectivity index (χ0n) is 12.2. The van der Waals surface area contributed by atoms with Gasteiger partial charge in [-0.05, 0) is 29.7 Å². The average Bonchev–Trinajstić information content (AvgIpc) is 2.44. The minimum absolute atomic E-state index is 0.117. The lowest BCUT2D eigenvalue weighted by Gasteiger charge is -2.26. The number of rotatable bonds is 5. The van der Waals surface area contributed by atoms with Gasteiger partial charge in [0, 0.05) is 21.4 Å². The normalized spacial score (nSPS) is 21.8. The third-order valence-electron chi connectivity index (χ3n) is 3.69. The first kappa shape index (κ1) is 18.2. The fraction of sp³-hybridized carbons (Fsp3) is 0.429. The summed E-state index contributed by atoms with van der Waals surface area (Å²) in [6, 6.07) is 4.00. The van der Waals surface area contributed by atoms with Crippen LogP contribution in [0.4, 0.5) is 0 Å². The largest absolute Gasteiger partial charge is 0.266 e. The highest BCUT2D eigenvalue weighted by Gasteiger charge is 2.37. The van der Waals surface area contributed by atoms with Gasteiger partial charge in [-0.2, -0.15) is 8.42 Å². The fourth-order valence-corrected chi connectivity index (χ4v) is 3.52. The number of allylic oxidation sites excluding steroid dienone is 1. The Morgan fingerprint density at radius 1 is 1.39 bits per heavy atom. The van der Waals surface area contributed by atoms with E-state index in [1.54, 1.807) is 24.3 Å². The highest BCUT2D eigenvalue weighted by Crippen LogP contribution is 2.38. The summed E-state index contributed by atoms with van der Waals surface area (Å²) < 4.78 is 26.8. The lowest BCUT2D eigenvalue weighted by Crippen LogP contribution is -2.31. The Kier molecular flexibility index (Phi) is 5.67. The smallest absolute Gasteiger partial charge is 0.264 e. The summed E-state index contributed by atoms with van der Waals surface area (Å²) >= 11 is 12.0. The molecule has 6 nitrogen and oxygen atoms in total. The van der Waals surface area contributed by atoms with Gasteiger partial charge in [0.15, 0.2) is 0 Å². The van der Waals surface area contributed by atoms with Crippen molar-refractivity contribution in [3.63, 3.8) is 0 Å². The molecule has 0 N–H and O–H groups in total. The van der Waals surface area contributed by atoms with Gasteiger partial charge in [0.25, 0.3) is 10.1 Å². The SMILES string of the molecule is CS(=O)(=O)OCC1=CC[C@@H](c2ccc(Cl)cc2Cl)[C@H]([N+](=O)[O-])C1. The maximum absolute atomic E-state index is 11.4. The maximum atomic E-state index is 11.4. The molecule has 1 aromatic carbocycles. The van der Waals surface area contributed by atoms with Gasteiger partial charge in [-0.25, -0.2) is 0 Å². The summed E-state index contributed by atoms with van der Waals surface area (Å²) in [5.74, 6) is -0.392. The summed E-state index contributed by atoms with van der Waals surface area (Å²) in [5.41, 5.74) is 1.26. The molecule has 126 valence electrons. The van der Waals surface area contributed by atoms with Crippen molar-refractivity contribution in [1.82, 2.24) is 0 Å². The van der Waals surface area contributed by atoms with Crippen LogP contribution in [0.25, 0.3) is 0 Å². The lowest BCUT2D eigenvalue weighted by molar-refractivity contribution is -0.527. The summed E-state index contributed by atoms with van der Waals surface area (Å²) in [7, 11) is -3.58. The summed E-state index contributed by atoms with van der Waals surface area (Å²) in [4.78, 5) is 11.1. The molecule has 0 amide bonds. The van der Waals surface area contributed by atoms with E-state index in [0.29, 0.717) is 27.6 Å². The standard InChI is InChI=1S/C14H15Cl2NO5S/c1-23(20,21)22-8-9-2-4-12(14(6-9)17(18)19)11-5-3-10(15)7-13(11)16/h2-3,5,7,12,14H,4,6,8H2,1H3/t12-,14+/m0/s1.